The molecule has 132 valence electrons. The number of hydrogen-bond donors (Lipinski definition) is 1. The maximum atomic E-state index is 10.3. The fourth-order valence-electron chi connectivity index (χ4n) is 4.83. The second kappa shape index (κ2) is 6.95. The number of fused-ring (bicyclic) bond motifs is 3. The second-order valence-corrected chi connectivity index (χ2v) is 8.20. The van der Waals surface area contributed by atoms with E-state index in [0.29, 0.717) is 11.8 Å². The molecule has 0 amide bonds. The highest BCUT2D eigenvalue weighted by Gasteiger charge is 2.38. The van der Waals surface area contributed by atoms with Crippen molar-refractivity contribution in [1.29, 1.82) is 0 Å². The lowest BCUT2D eigenvalue weighted by molar-refractivity contribution is -0.0921. The number of hydrogen-bond acceptors (Lipinski definition) is 3. The first-order chi connectivity index (χ1) is 11.7. The first-order valence-electron chi connectivity index (χ1n) is 9.82. The highest BCUT2D eigenvalue weighted by Crippen LogP contribution is 2.48. The molecule has 24 heavy (non-hydrogen) atoms. The lowest BCUT2D eigenvalue weighted by Crippen LogP contribution is -2.37. The van der Waals surface area contributed by atoms with E-state index < -0.39 is 6.29 Å². The van der Waals surface area contributed by atoms with Gasteiger partial charge in [0.1, 0.15) is 11.5 Å². The van der Waals surface area contributed by atoms with Crippen LogP contribution in [0, 0.1) is 17.8 Å². The molecule has 0 radical (unpaired) electrons. The van der Waals surface area contributed by atoms with Crippen LogP contribution in [0.5, 0.6) is 11.5 Å². The highest BCUT2D eigenvalue weighted by molar-refractivity contribution is 5.44. The fraction of sp³-hybridized carbons (Fsp3) is 0.714. The van der Waals surface area contributed by atoms with E-state index in [-0.39, 0.29) is 5.92 Å². The second-order valence-electron chi connectivity index (χ2n) is 8.20. The van der Waals surface area contributed by atoms with Crippen molar-refractivity contribution in [3.63, 3.8) is 0 Å². The molecular formula is C21H30O3. The third-order valence-electron chi connectivity index (χ3n) is 6.44. The van der Waals surface area contributed by atoms with E-state index in [9.17, 15) is 5.11 Å². The lowest BCUT2D eigenvalue weighted by Gasteiger charge is -2.40. The van der Waals surface area contributed by atoms with Gasteiger partial charge in [-0.15, -0.1) is 0 Å². The van der Waals surface area contributed by atoms with Crippen molar-refractivity contribution in [1.82, 2.24) is 0 Å². The topological polar surface area (TPSA) is 38.7 Å². The van der Waals surface area contributed by atoms with Crippen molar-refractivity contribution in [2.75, 3.05) is 6.61 Å². The van der Waals surface area contributed by atoms with Crippen LogP contribution in [0.15, 0.2) is 18.2 Å². The van der Waals surface area contributed by atoms with Crippen LogP contribution in [0.1, 0.15) is 69.8 Å². The van der Waals surface area contributed by atoms with Gasteiger partial charge in [-0.25, -0.2) is 0 Å². The average Bonchev–Trinajstić information content (AvgIpc) is 2.61. The van der Waals surface area contributed by atoms with Crippen molar-refractivity contribution in [3.8, 4) is 11.5 Å². The Bertz CT molecular complexity index is 562. The number of ether oxygens (including phenoxy) is 2. The molecule has 2 aliphatic carbocycles. The molecule has 1 aromatic carbocycles. The van der Waals surface area contributed by atoms with Gasteiger partial charge >= 0.3 is 0 Å². The minimum Gasteiger partial charge on any atom is -0.493 e. The number of aliphatic hydroxyl groups excluding tert-OH is 1. The summed E-state index contributed by atoms with van der Waals surface area (Å²) in [4.78, 5) is 0. The Morgan fingerprint density at radius 3 is 2.71 bits per heavy atom. The molecule has 0 saturated heterocycles. The summed E-state index contributed by atoms with van der Waals surface area (Å²) in [6, 6.07) is 6.26. The van der Waals surface area contributed by atoms with Gasteiger partial charge in [-0.05, 0) is 55.1 Å². The molecule has 3 aliphatic rings. The van der Waals surface area contributed by atoms with Crippen LogP contribution < -0.4 is 9.47 Å². The van der Waals surface area contributed by atoms with E-state index in [0.717, 1.165) is 30.4 Å². The summed E-state index contributed by atoms with van der Waals surface area (Å²) in [5.74, 6) is 4.00. The van der Waals surface area contributed by atoms with Gasteiger partial charge in [0.05, 0.1) is 6.61 Å². The van der Waals surface area contributed by atoms with Crippen LogP contribution in [0.4, 0.5) is 0 Å². The first-order valence-corrected chi connectivity index (χ1v) is 9.82. The highest BCUT2D eigenvalue weighted by atomic mass is 16.6. The van der Waals surface area contributed by atoms with E-state index in [1.807, 2.05) is 6.07 Å². The monoisotopic (exact) mass is 330 g/mol. The summed E-state index contributed by atoms with van der Waals surface area (Å²) in [5.41, 5.74) is 1.27. The molecule has 0 spiro atoms. The molecule has 2 fully saturated rings. The Balaban J connectivity index is 1.43. The molecule has 0 bridgehead atoms. The summed E-state index contributed by atoms with van der Waals surface area (Å²) >= 11 is 0. The van der Waals surface area contributed by atoms with E-state index in [2.05, 4.69) is 19.1 Å². The van der Waals surface area contributed by atoms with Gasteiger partial charge in [0.2, 0.25) is 6.29 Å². The van der Waals surface area contributed by atoms with Gasteiger partial charge in [-0.1, -0.05) is 38.7 Å². The molecular weight excluding hydrogens is 300 g/mol. The molecule has 2 saturated carbocycles. The maximum absolute atomic E-state index is 10.3. The third kappa shape index (κ3) is 3.28. The molecule has 3 heteroatoms. The maximum Gasteiger partial charge on any atom is 0.200 e. The fourth-order valence-corrected chi connectivity index (χ4v) is 4.83. The molecule has 1 unspecified atom stereocenters. The summed E-state index contributed by atoms with van der Waals surface area (Å²) in [7, 11) is 0. The van der Waals surface area contributed by atoms with Crippen LogP contribution >= 0.6 is 0 Å². The number of aliphatic hydroxyl groups is 1. The van der Waals surface area contributed by atoms with Crippen molar-refractivity contribution < 1.29 is 14.6 Å². The summed E-state index contributed by atoms with van der Waals surface area (Å²) in [6.45, 7) is 3.15. The largest absolute Gasteiger partial charge is 0.493 e. The Hall–Kier alpha value is -1.22. The lowest BCUT2D eigenvalue weighted by atomic mass is 9.73. The van der Waals surface area contributed by atoms with E-state index >= 15 is 0 Å². The van der Waals surface area contributed by atoms with Gasteiger partial charge in [0, 0.05) is 12.0 Å². The van der Waals surface area contributed by atoms with Crippen LogP contribution in [0.3, 0.4) is 0 Å². The minimum atomic E-state index is -0.655. The first kappa shape index (κ1) is 16.3. The van der Waals surface area contributed by atoms with Gasteiger partial charge in [0.25, 0.3) is 0 Å². The molecule has 1 aliphatic heterocycles. The predicted molar refractivity (Wildman–Crippen MR) is 94.4 cm³/mol. The van der Waals surface area contributed by atoms with Crippen LogP contribution in [-0.4, -0.2) is 18.0 Å². The van der Waals surface area contributed by atoms with E-state index in [4.69, 9.17) is 9.47 Å². The van der Waals surface area contributed by atoms with Crippen molar-refractivity contribution in [2.24, 2.45) is 17.8 Å². The SMILES string of the molecule is CC1CCC(COc2ccc3c(c2)O[C@H](O)C2CCCC[C@H]32)CC1. The zero-order valence-corrected chi connectivity index (χ0v) is 14.7. The van der Waals surface area contributed by atoms with Gasteiger partial charge in [-0.3, -0.25) is 0 Å². The molecule has 1 N–H and O–H groups in total. The van der Waals surface area contributed by atoms with E-state index in [1.54, 1.807) is 0 Å². The molecule has 1 heterocycles. The van der Waals surface area contributed by atoms with E-state index in [1.165, 1.54) is 50.5 Å². The smallest absolute Gasteiger partial charge is 0.200 e. The third-order valence-corrected chi connectivity index (χ3v) is 6.44. The van der Waals surface area contributed by atoms with Crippen molar-refractivity contribution >= 4 is 0 Å². The molecule has 1 aromatic rings. The van der Waals surface area contributed by atoms with Crippen LogP contribution in [-0.2, 0) is 0 Å². The van der Waals surface area contributed by atoms with Crippen LogP contribution in [0.25, 0.3) is 0 Å². The molecule has 0 aromatic heterocycles. The normalized spacial score (nSPS) is 35.5. The number of benzene rings is 1. The van der Waals surface area contributed by atoms with Crippen molar-refractivity contribution in [3.05, 3.63) is 23.8 Å². The molecule has 3 nitrogen and oxygen atoms in total. The minimum absolute atomic E-state index is 0.266. The summed E-state index contributed by atoms with van der Waals surface area (Å²) in [6.07, 6.45) is 9.27. The Morgan fingerprint density at radius 2 is 1.88 bits per heavy atom. The van der Waals surface area contributed by atoms with Gasteiger partial charge in [-0.2, -0.15) is 0 Å². The average molecular weight is 330 g/mol. The Kier molecular flexibility index (Phi) is 4.71. The quantitative estimate of drug-likeness (QED) is 0.859. The molecule has 4 rings (SSSR count). The zero-order valence-electron chi connectivity index (χ0n) is 14.7. The Labute approximate surface area is 145 Å². The molecule has 3 atom stereocenters. The van der Waals surface area contributed by atoms with Gasteiger partial charge < -0.3 is 14.6 Å². The van der Waals surface area contributed by atoms with Crippen LogP contribution in [0.2, 0.25) is 0 Å². The predicted octanol–water partition coefficient (Wildman–Crippen LogP) is 4.88. The summed E-state index contributed by atoms with van der Waals surface area (Å²) in [5, 5.41) is 10.3. The Morgan fingerprint density at radius 1 is 1.08 bits per heavy atom. The van der Waals surface area contributed by atoms with Crippen molar-refractivity contribution in [2.45, 2.75) is 70.5 Å². The summed E-state index contributed by atoms with van der Waals surface area (Å²) < 4.78 is 11.9. The zero-order chi connectivity index (χ0) is 16.5. The number of rotatable bonds is 3. The van der Waals surface area contributed by atoms with Gasteiger partial charge in [0.15, 0.2) is 0 Å². The standard InChI is InChI=1S/C21H30O3/c1-14-6-8-15(9-7-14)13-23-16-10-11-18-17-4-2-3-5-19(17)21(22)24-20(18)12-16/h10-12,14-15,17,19,21-22H,2-9,13H2,1H3/t14?,15?,17-,19?,21+/m1/s1.